The number of nitrogens with one attached hydrogen (secondary N) is 1. The Labute approximate surface area is 122 Å². The summed E-state index contributed by atoms with van der Waals surface area (Å²) in [6.07, 6.45) is 5.41. The third-order valence-electron chi connectivity index (χ3n) is 4.09. The molecule has 1 N–H and O–H groups in total. The van der Waals surface area contributed by atoms with Gasteiger partial charge in [-0.25, -0.2) is 0 Å². The van der Waals surface area contributed by atoms with Gasteiger partial charge in [-0.2, -0.15) is 0 Å². The number of rotatable bonds is 5. The molecule has 1 aliphatic rings. The quantitative estimate of drug-likeness (QED) is 0.895. The Bertz CT molecular complexity index is 421. The summed E-state index contributed by atoms with van der Waals surface area (Å²) in [5.41, 5.74) is 2.45. The van der Waals surface area contributed by atoms with E-state index < -0.39 is 0 Å². The molecule has 1 atom stereocenters. The lowest BCUT2D eigenvalue weighted by Crippen LogP contribution is -2.35. The van der Waals surface area contributed by atoms with E-state index in [1.54, 1.807) is 0 Å². The van der Waals surface area contributed by atoms with Crippen molar-refractivity contribution in [1.82, 2.24) is 10.2 Å². The molecule has 0 bridgehead atoms. The zero-order valence-corrected chi connectivity index (χ0v) is 12.7. The normalized spacial score (nSPS) is 18.8. The first-order valence-electron chi connectivity index (χ1n) is 7.68. The molecular formula is C17H26N2O. The summed E-state index contributed by atoms with van der Waals surface area (Å²) in [5.74, 6) is 0.248. The van der Waals surface area contributed by atoms with Gasteiger partial charge in [0.1, 0.15) is 0 Å². The molecule has 0 radical (unpaired) electrons. The van der Waals surface area contributed by atoms with E-state index in [4.69, 9.17) is 0 Å². The molecule has 110 valence electrons. The standard InChI is InChI=1S/C17H26N2O/c1-14-6-8-15(9-7-14)13-19(2)17(20)11-10-16-5-3-4-12-18-16/h6-9,16,18H,3-5,10-13H2,1-2H3. The average molecular weight is 274 g/mol. The summed E-state index contributed by atoms with van der Waals surface area (Å²) >= 11 is 0. The number of piperidine rings is 1. The minimum Gasteiger partial charge on any atom is -0.341 e. The molecule has 20 heavy (non-hydrogen) atoms. The van der Waals surface area contributed by atoms with Gasteiger partial charge in [0, 0.05) is 26.1 Å². The average Bonchev–Trinajstić information content (AvgIpc) is 2.48. The van der Waals surface area contributed by atoms with Crippen LogP contribution in [-0.2, 0) is 11.3 Å². The van der Waals surface area contributed by atoms with Crippen LogP contribution in [0.5, 0.6) is 0 Å². The SMILES string of the molecule is Cc1ccc(CN(C)C(=O)CCC2CCCCN2)cc1. The zero-order chi connectivity index (χ0) is 14.4. The number of carbonyl (C=O) groups is 1. The first kappa shape index (κ1) is 15.0. The highest BCUT2D eigenvalue weighted by molar-refractivity contribution is 5.75. The molecule has 0 aliphatic carbocycles. The van der Waals surface area contributed by atoms with Crippen LogP contribution in [0.1, 0.15) is 43.2 Å². The van der Waals surface area contributed by atoms with Crippen molar-refractivity contribution in [2.45, 2.75) is 51.6 Å². The molecule has 1 heterocycles. The molecule has 1 aromatic carbocycles. The van der Waals surface area contributed by atoms with Gasteiger partial charge >= 0.3 is 0 Å². The molecular weight excluding hydrogens is 248 g/mol. The fraction of sp³-hybridized carbons (Fsp3) is 0.588. The summed E-state index contributed by atoms with van der Waals surface area (Å²) in [4.78, 5) is 14.0. The molecule has 1 unspecified atom stereocenters. The lowest BCUT2D eigenvalue weighted by molar-refractivity contribution is -0.130. The van der Waals surface area contributed by atoms with Crippen LogP contribution in [0, 0.1) is 6.92 Å². The van der Waals surface area contributed by atoms with Gasteiger partial charge in [-0.05, 0) is 38.3 Å². The Morgan fingerprint density at radius 1 is 1.30 bits per heavy atom. The van der Waals surface area contributed by atoms with Crippen LogP contribution in [0.4, 0.5) is 0 Å². The fourth-order valence-corrected chi connectivity index (χ4v) is 2.71. The highest BCUT2D eigenvalue weighted by atomic mass is 16.2. The lowest BCUT2D eigenvalue weighted by Gasteiger charge is -2.24. The summed E-state index contributed by atoms with van der Waals surface area (Å²) in [6.45, 7) is 3.89. The smallest absolute Gasteiger partial charge is 0.222 e. The van der Waals surface area contributed by atoms with Gasteiger partial charge in [0.25, 0.3) is 0 Å². The number of amides is 1. The number of carbonyl (C=O) groups excluding carboxylic acids is 1. The number of aryl methyl sites for hydroxylation is 1. The van der Waals surface area contributed by atoms with Gasteiger partial charge in [-0.1, -0.05) is 36.2 Å². The number of hydrogen-bond acceptors (Lipinski definition) is 2. The van der Waals surface area contributed by atoms with Crippen LogP contribution in [-0.4, -0.2) is 30.4 Å². The summed E-state index contributed by atoms with van der Waals surface area (Å²) < 4.78 is 0. The van der Waals surface area contributed by atoms with Crippen molar-refractivity contribution in [1.29, 1.82) is 0 Å². The van der Waals surface area contributed by atoms with Crippen LogP contribution in [0.15, 0.2) is 24.3 Å². The monoisotopic (exact) mass is 274 g/mol. The Kier molecular flexibility index (Phi) is 5.60. The molecule has 2 rings (SSSR count). The number of hydrogen-bond donors (Lipinski definition) is 1. The topological polar surface area (TPSA) is 32.3 Å². The van der Waals surface area contributed by atoms with Crippen molar-refractivity contribution in [3.05, 3.63) is 35.4 Å². The molecule has 3 heteroatoms. The van der Waals surface area contributed by atoms with Gasteiger partial charge in [-0.3, -0.25) is 4.79 Å². The van der Waals surface area contributed by atoms with E-state index in [-0.39, 0.29) is 5.91 Å². The molecule has 0 saturated carbocycles. The van der Waals surface area contributed by atoms with Crippen LogP contribution in [0.2, 0.25) is 0 Å². The highest BCUT2D eigenvalue weighted by Crippen LogP contribution is 2.13. The van der Waals surface area contributed by atoms with Crippen molar-refractivity contribution in [3.63, 3.8) is 0 Å². The Balaban J connectivity index is 1.75. The van der Waals surface area contributed by atoms with E-state index in [0.29, 0.717) is 19.0 Å². The molecule has 1 aliphatic heterocycles. The van der Waals surface area contributed by atoms with Crippen LogP contribution >= 0.6 is 0 Å². The van der Waals surface area contributed by atoms with Crippen molar-refractivity contribution in [2.75, 3.05) is 13.6 Å². The third-order valence-corrected chi connectivity index (χ3v) is 4.09. The Hall–Kier alpha value is -1.35. The molecule has 1 amide bonds. The van der Waals surface area contributed by atoms with Crippen LogP contribution in [0.3, 0.4) is 0 Å². The molecule has 0 spiro atoms. The van der Waals surface area contributed by atoms with Gasteiger partial charge in [0.2, 0.25) is 5.91 Å². The van der Waals surface area contributed by atoms with E-state index in [1.165, 1.54) is 30.4 Å². The first-order valence-corrected chi connectivity index (χ1v) is 7.68. The van der Waals surface area contributed by atoms with Crippen molar-refractivity contribution < 1.29 is 4.79 Å². The Morgan fingerprint density at radius 2 is 2.05 bits per heavy atom. The molecule has 1 saturated heterocycles. The molecule has 1 fully saturated rings. The Morgan fingerprint density at radius 3 is 2.70 bits per heavy atom. The number of benzene rings is 1. The first-order chi connectivity index (χ1) is 9.65. The fourth-order valence-electron chi connectivity index (χ4n) is 2.71. The minimum absolute atomic E-state index is 0.248. The van der Waals surface area contributed by atoms with E-state index in [1.807, 2.05) is 11.9 Å². The maximum atomic E-state index is 12.2. The predicted octanol–water partition coefficient (Wildman–Crippen LogP) is 2.88. The highest BCUT2D eigenvalue weighted by Gasteiger charge is 2.15. The lowest BCUT2D eigenvalue weighted by atomic mass is 10.0. The zero-order valence-electron chi connectivity index (χ0n) is 12.7. The van der Waals surface area contributed by atoms with Crippen molar-refractivity contribution in [3.8, 4) is 0 Å². The largest absolute Gasteiger partial charge is 0.341 e. The van der Waals surface area contributed by atoms with E-state index >= 15 is 0 Å². The second-order valence-electron chi connectivity index (χ2n) is 5.92. The minimum atomic E-state index is 0.248. The summed E-state index contributed by atoms with van der Waals surface area (Å²) in [7, 11) is 1.90. The second kappa shape index (κ2) is 7.44. The summed E-state index contributed by atoms with van der Waals surface area (Å²) in [5, 5.41) is 3.50. The maximum Gasteiger partial charge on any atom is 0.222 e. The molecule has 0 aromatic heterocycles. The van der Waals surface area contributed by atoms with Crippen molar-refractivity contribution >= 4 is 5.91 Å². The van der Waals surface area contributed by atoms with Gasteiger partial charge in [0.05, 0.1) is 0 Å². The van der Waals surface area contributed by atoms with E-state index in [9.17, 15) is 4.79 Å². The third kappa shape index (κ3) is 4.64. The van der Waals surface area contributed by atoms with Crippen molar-refractivity contribution in [2.24, 2.45) is 0 Å². The second-order valence-corrected chi connectivity index (χ2v) is 5.92. The van der Waals surface area contributed by atoms with Gasteiger partial charge in [-0.15, -0.1) is 0 Å². The summed E-state index contributed by atoms with van der Waals surface area (Å²) in [6, 6.07) is 8.93. The molecule has 1 aromatic rings. The van der Waals surface area contributed by atoms with Crippen LogP contribution < -0.4 is 5.32 Å². The van der Waals surface area contributed by atoms with E-state index in [0.717, 1.165) is 13.0 Å². The van der Waals surface area contributed by atoms with E-state index in [2.05, 4.69) is 36.5 Å². The predicted molar refractivity (Wildman–Crippen MR) is 82.5 cm³/mol. The van der Waals surface area contributed by atoms with Gasteiger partial charge < -0.3 is 10.2 Å². The van der Waals surface area contributed by atoms with Gasteiger partial charge in [0.15, 0.2) is 0 Å². The molecule has 3 nitrogen and oxygen atoms in total. The van der Waals surface area contributed by atoms with Crippen LogP contribution in [0.25, 0.3) is 0 Å². The number of nitrogens with zero attached hydrogens (tertiary/aromatic N) is 1. The maximum absolute atomic E-state index is 12.2.